The molecule has 0 spiro atoms. The maximum atomic E-state index is 12.4. The molecular weight excluding hydrogens is 295 g/mol. The van der Waals surface area contributed by atoms with Crippen LogP contribution in [0.1, 0.15) is 6.42 Å². The lowest BCUT2D eigenvalue weighted by molar-refractivity contribution is -0.0436. The molecule has 1 aromatic carbocycles. The van der Waals surface area contributed by atoms with Gasteiger partial charge in [0.2, 0.25) is 0 Å². The molecule has 1 atom stereocenters. The summed E-state index contributed by atoms with van der Waals surface area (Å²) in [7, 11) is -5.27. The quantitative estimate of drug-likeness (QED) is 0.928. The number of hydrogen-bond acceptors (Lipinski definition) is 4. The minimum atomic E-state index is -5.27. The number of rotatable bonds is 4. The first kappa shape index (κ1) is 15.1. The van der Waals surface area contributed by atoms with Gasteiger partial charge in [-0.15, -0.1) is 0 Å². The molecule has 1 aliphatic rings. The van der Waals surface area contributed by atoms with Crippen molar-refractivity contribution < 1.29 is 26.3 Å². The Hall–Kier alpha value is -1.28. The molecule has 1 aliphatic heterocycles. The molecule has 1 unspecified atom stereocenters. The Bertz CT molecular complexity index is 548. The van der Waals surface area contributed by atoms with E-state index in [0.717, 1.165) is 25.2 Å². The van der Waals surface area contributed by atoms with Crippen LogP contribution in [0.25, 0.3) is 0 Å². The molecule has 20 heavy (non-hydrogen) atoms. The molecule has 0 saturated carbocycles. The van der Waals surface area contributed by atoms with E-state index < -0.39 is 20.2 Å². The van der Waals surface area contributed by atoms with Crippen LogP contribution in [-0.4, -0.2) is 33.7 Å². The van der Waals surface area contributed by atoms with E-state index in [1.807, 2.05) is 0 Å². The van der Waals surface area contributed by atoms with Crippen LogP contribution in [0.3, 0.4) is 0 Å². The maximum absolute atomic E-state index is 12.4. The average molecular weight is 309 g/mol. The summed E-state index contributed by atoms with van der Waals surface area (Å²) in [6.07, 6.45) is 0.938. The van der Waals surface area contributed by atoms with Gasteiger partial charge in [-0.3, -0.25) is 0 Å². The van der Waals surface area contributed by atoms with Crippen molar-refractivity contribution in [1.82, 2.24) is 0 Å². The van der Waals surface area contributed by atoms with Crippen molar-refractivity contribution in [3.63, 3.8) is 0 Å². The molecule has 1 N–H and O–H groups in total. The zero-order valence-corrected chi connectivity index (χ0v) is 11.3. The molecule has 0 amide bonds. The third kappa shape index (κ3) is 3.24. The van der Waals surface area contributed by atoms with Crippen LogP contribution in [0, 0.1) is 5.92 Å². The summed E-state index contributed by atoms with van der Waals surface area (Å²) in [6, 6.07) is 4.56. The molecule has 1 fully saturated rings. The molecule has 8 heteroatoms. The van der Waals surface area contributed by atoms with Crippen LogP contribution in [0.15, 0.2) is 29.2 Å². The van der Waals surface area contributed by atoms with E-state index in [9.17, 15) is 21.6 Å². The fourth-order valence-electron chi connectivity index (χ4n) is 1.89. The summed E-state index contributed by atoms with van der Waals surface area (Å²) in [4.78, 5) is -0.750. The normalized spacial score (nSPS) is 20.1. The third-order valence-corrected chi connectivity index (χ3v) is 4.59. The average Bonchev–Trinajstić information content (AvgIpc) is 2.88. The summed E-state index contributed by atoms with van der Waals surface area (Å²) in [5.41, 5.74) is -4.69. The number of ether oxygens (including phenoxy) is 1. The van der Waals surface area contributed by atoms with Gasteiger partial charge in [0.15, 0.2) is 0 Å². The monoisotopic (exact) mass is 309 g/mol. The first-order chi connectivity index (χ1) is 9.30. The molecule has 2 rings (SSSR count). The molecule has 1 aromatic rings. The lowest BCUT2D eigenvalue weighted by atomic mass is 10.1. The van der Waals surface area contributed by atoms with Gasteiger partial charge in [-0.25, -0.2) is 8.42 Å². The molecule has 1 saturated heterocycles. The van der Waals surface area contributed by atoms with Crippen LogP contribution in [0.2, 0.25) is 0 Å². The Kier molecular flexibility index (Phi) is 4.24. The van der Waals surface area contributed by atoms with Gasteiger partial charge >= 0.3 is 5.51 Å². The Morgan fingerprint density at radius 2 is 1.90 bits per heavy atom. The SMILES string of the molecule is O=S(=O)(c1ccc(NCC2CCOC2)cc1)C(F)(F)F. The van der Waals surface area contributed by atoms with Crippen LogP contribution < -0.4 is 5.32 Å². The maximum Gasteiger partial charge on any atom is 0.501 e. The fraction of sp³-hybridized carbons (Fsp3) is 0.500. The number of nitrogens with one attached hydrogen (secondary N) is 1. The summed E-state index contributed by atoms with van der Waals surface area (Å²) < 4.78 is 64.6. The van der Waals surface area contributed by atoms with Crippen molar-refractivity contribution in [3.05, 3.63) is 24.3 Å². The number of alkyl halides is 3. The van der Waals surface area contributed by atoms with E-state index in [1.165, 1.54) is 12.1 Å². The van der Waals surface area contributed by atoms with Gasteiger partial charge in [0.05, 0.1) is 11.5 Å². The van der Waals surface area contributed by atoms with Crippen molar-refractivity contribution >= 4 is 15.5 Å². The summed E-state index contributed by atoms with van der Waals surface area (Å²) in [5, 5.41) is 3.05. The van der Waals surface area contributed by atoms with Crippen molar-refractivity contribution in [2.24, 2.45) is 5.92 Å². The zero-order chi connectivity index (χ0) is 14.8. The highest BCUT2D eigenvalue weighted by molar-refractivity contribution is 7.92. The van der Waals surface area contributed by atoms with E-state index in [1.54, 1.807) is 0 Å². The molecule has 0 aromatic heterocycles. The molecule has 0 aliphatic carbocycles. The highest BCUT2D eigenvalue weighted by atomic mass is 32.2. The van der Waals surface area contributed by atoms with Gasteiger partial charge in [-0.1, -0.05) is 0 Å². The van der Waals surface area contributed by atoms with Gasteiger partial charge in [0.25, 0.3) is 9.84 Å². The van der Waals surface area contributed by atoms with Crippen molar-refractivity contribution in [1.29, 1.82) is 0 Å². The standard InChI is InChI=1S/C12H14F3NO3S/c13-12(14,15)20(17,18)11-3-1-10(2-4-11)16-7-9-5-6-19-8-9/h1-4,9,16H,5-8H2. The van der Waals surface area contributed by atoms with Crippen molar-refractivity contribution in [3.8, 4) is 0 Å². The number of halogens is 3. The van der Waals surface area contributed by atoms with Crippen LogP contribution in [0.4, 0.5) is 18.9 Å². The van der Waals surface area contributed by atoms with Crippen molar-refractivity contribution in [2.75, 3.05) is 25.1 Å². The molecule has 4 nitrogen and oxygen atoms in total. The first-order valence-corrected chi connectivity index (χ1v) is 7.52. The second kappa shape index (κ2) is 5.61. The van der Waals surface area contributed by atoms with E-state index in [4.69, 9.17) is 4.74 Å². The van der Waals surface area contributed by atoms with Crippen LogP contribution in [0.5, 0.6) is 0 Å². The predicted molar refractivity (Wildman–Crippen MR) is 67.1 cm³/mol. The largest absolute Gasteiger partial charge is 0.501 e. The summed E-state index contributed by atoms with van der Waals surface area (Å²) in [6.45, 7) is 2.02. The number of benzene rings is 1. The molecule has 0 bridgehead atoms. The summed E-state index contributed by atoms with van der Waals surface area (Å²) >= 11 is 0. The molecule has 0 radical (unpaired) electrons. The minimum absolute atomic E-state index is 0.369. The minimum Gasteiger partial charge on any atom is -0.385 e. The highest BCUT2D eigenvalue weighted by Gasteiger charge is 2.46. The van der Waals surface area contributed by atoms with Gasteiger partial charge in [0.1, 0.15) is 0 Å². The molecular formula is C12H14F3NO3S. The smallest absolute Gasteiger partial charge is 0.385 e. The Morgan fingerprint density at radius 1 is 1.25 bits per heavy atom. The number of hydrogen-bond donors (Lipinski definition) is 1. The van der Waals surface area contributed by atoms with Gasteiger partial charge in [-0.05, 0) is 30.7 Å². The lowest BCUT2D eigenvalue weighted by Gasteiger charge is -2.12. The van der Waals surface area contributed by atoms with Gasteiger partial charge < -0.3 is 10.1 Å². The second-order valence-electron chi connectivity index (χ2n) is 4.58. The van der Waals surface area contributed by atoms with Gasteiger partial charge in [0, 0.05) is 24.8 Å². The Morgan fingerprint density at radius 3 is 2.40 bits per heavy atom. The second-order valence-corrected chi connectivity index (χ2v) is 6.53. The van der Waals surface area contributed by atoms with Crippen LogP contribution >= 0.6 is 0 Å². The van der Waals surface area contributed by atoms with E-state index >= 15 is 0 Å². The number of sulfone groups is 1. The first-order valence-electron chi connectivity index (χ1n) is 6.04. The lowest BCUT2D eigenvalue weighted by Crippen LogP contribution is -2.23. The fourth-order valence-corrected chi connectivity index (χ4v) is 2.65. The van der Waals surface area contributed by atoms with E-state index in [0.29, 0.717) is 24.8 Å². The Balaban J connectivity index is 2.03. The third-order valence-electron chi connectivity index (χ3n) is 3.09. The molecule has 112 valence electrons. The van der Waals surface area contributed by atoms with Crippen LogP contribution in [-0.2, 0) is 14.6 Å². The topological polar surface area (TPSA) is 55.4 Å². The predicted octanol–water partition coefficient (Wildman–Crippen LogP) is 2.43. The van der Waals surface area contributed by atoms with Gasteiger partial charge in [-0.2, -0.15) is 13.2 Å². The highest BCUT2D eigenvalue weighted by Crippen LogP contribution is 2.30. The van der Waals surface area contributed by atoms with Crippen molar-refractivity contribution in [2.45, 2.75) is 16.8 Å². The van der Waals surface area contributed by atoms with E-state index in [-0.39, 0.29) is 0 Å². The van der Waals surface area contributed by atoms with E-state index in [2.05, 4.69) is 5.32 Å². The zero-order valence-electron chi connectivity index (χ0n) is 10.5. The Labute approximate surface area is 114 Å². The summed E-state index contributed by atoms with van der Waals surface area (Å²) in [5.74, 6) is 0.369. The number of anilines is 1. The molecule has 1 heterocycles.